The maximum Gasteiger partial charge on any atom is 0.325 e. The number of amides is 3. The third-order valence-electron chi connectivity index (χ3n) is 7.18. The van der Waals surface area contributed by atoms with E-state index in [1.165, 1.54) is 31.4 Å². The summed E-state index contributed by atoms with van der Waals surface area (Å²) < 4.78 is 32.6. The fourth-order valence-electron chi connectivity index (χ4n) is 5.04. The molecule has 1 fully saturated rings. The highest BCUT2D eigenvalue weighted by atomic mass is 19.1. The summed E-state index contributed by atoms with van der Waals surface area (Å²) in [6, 6.07) is 17.5. The average molecular weight is 587 g/mol. The van der Waals surface area contributed by atoms with Gasteiger partial charge in [-0.2, -0.15) is 0 Å². The second-order valence-corrected chi connectivity index (χ2v) is 10.3. The van der Waals surface area contributed by atoms with Crippen molar-refractivity contribution in [3.05, 3.63) is 84.3 Å². The third kappa shape index (κ3) is 8.20. The van der Waals surface area contributed by atoms with Gasteiger partial charge in [0.25, 0.3) is 0 Å². The maximum atomic E-state index is 15.0. The van der Waals surface area contributed by atoms with Crippen LogP contribution in [-0.2, 0) is 11.2 Å². The summed E-state index contributed by atoms with van der Waals surface area (Å²) in [4.78, 5) is 31.3. The molecule has 5 rings (SSSR count). The van der Waals surface area contributed by atoms with E-state index in [0.717, 1.165) is 37.7 Å². The quantitative estimate of drug-likeness (QED) is 0.198. The monoisotopic (exact) mass is 586 g/mol. The van der Waals surface area contributed by atoms with Gasteiger partial charge < -0.3 is 24.4 Å². The van der Waals surface area contributed by atoms with Crippen LogP contribution in [0.25, 0.3) is 10.9 Å². The Morgan fingerprint density at radius 1 is 0.930 bits per heavy atom. The summed E-state index contributed by atoms with van der Waals surface area (Å²) in [5, 5.41) is 5.34. The number of pyridine rings is 1. The largest absolute Gasteiger partial charge is 0.493 e. The van der Waals surface area contributed by atoms with Crippen molar-refractivity contribution in [2.75, 3.05) is 38.7 Å². The van der Waals surface area contributed by atoms with Gasteiger partial charge in [-0.05, 0) is 62.2 Å². The lowest BCUT2D eigenvalue weighted by molar-refractivity contribution is -0.119. The van der Waals surface area contributed by atoms with Gasteiger partial charge in [-0.3, -0.25) is 15.1 Å². The van der Waals surface area contributed by atoms with Gasteiger partial charge in [0.1, 0.15) is 5.75 Å². The molecule has 0 atom stereocenters. The Balaban J connectivity index is 1.21. The summed E-state index contributed by atoms with van der Waals surface area (Å²) in [5.41, 5.74) is 1.55. The molecule has 3 aromatic carbocycles. The summed E-state index contributed by atoms with van der Waals surface area (Å²) in [5.74, 6) is 0.269. The molecule has 1 aliphatic heterocycles. The van der Waals surface area contributed by atoms with E-state index >= 15 is 4.39 Å². The van der Waals surface area contributed by atoms with Gasteiger partial charge in [0, 0.05) is 35.9 Å². The van der Waals surface area contributed by atoms with Crippen molar-refractivity contribution in [2.24, 2.45) is 0 Å². The first-order valence-corrected chi connectivity index (χ1v) is 14.4. The summed E-state index contributed by atoms with van der Waals surface area (Å²) >= 11 is 0. The zero-order valence-corrected chi connectivity index (χ0v) is 24.1. The Bertz CT molecular complexity index is 1560. The molecule has 1 saturated heterocycles. The number of urea groups is 1. The number of carbonyl (C=O) groups excluding carboxylic acids is 2. The molecule has 1 aromatic heterocycles. The van der Waals surface area contributed by atoms with Crippen LogP contribution in [0.3, 0.4) is 0 Å². The minimum Gasteiger partial charge on any atom is -0.493 e. The molecule has 43 heavy (non-hydrogen) atoms. The molecule has 0 spiro atoms. The normalized spacial score (nSPS) is 13.3. The summed E-state index contributed by atoms with van der Waals surface area (Å²) in [6.07, 6.45) is 6.37. The van der Waals surface area contributed by atoms with Crippen LogP contribution in [0.1, 0.15) is 31.2 Å². The number of anilines is 1. The van der Waals surface area contributed by atoms with Crippen LogP contribution in [0.15, 0.2) is 72.9 Å². The number of carbonyl (C=O) groups is 2. The number of halogens is 1. The number of nitrogens with zero attached hydrogens (tertiary/aromatic N) is 2. The minimum atomic E-state index is -0.759. The van der Waals surface area contributed by atoms with Crippen LogP contribution >= 0.6 is 0 Å². The van der Waals surface area contributed by atoms with Gasteiger partial charge in [-0.25, -0.2) is 9.18 Å². The number of imide groups is 1. The van der Waals surface area contributed by atoms with Crippen molar-refractivity contribution in [1.29, 1.82) is 0 Å². The molecule has 224 valence electrons. The predicted molar refractivity (Wildman–Crippen MR) is 162 cm³/mol. The molecule has 9 nitrogen and oxygen atoms in total. The van der Waals surface area contributed by atoms with Crippen molar-refractivity contribution in [3.8, 4) is 23.0 Å². The molecule has 4 aromatic rings. The first kappa shape index (κ1) is 29.8. The lowest BCUT2D eigenvalue weighted by Gasteiger charge is -2.26. The van der Waals surface area contributed by atoms with Crippen LogP contribution in [-0.4, -0.2) is 55.2 Å². The molecule has 2 N–H and O–H groups in total. The number of aromatic nitrogens is 1. The van der Waals surface area contributed by atoms with Crippen molar-refractivity contribution in [1.82, 2.24) is 15.2 Å². The number of benzene rings is 3. The number of fused-ring (bicyclic) bond motifs is 1. The van der Waals surface area contributed by atoms with Crippen molar-refractivity contribution < 1.29 is 28.2 Å². The standard InChI is InChI=1S/C33H35FN4O5/c1-41-30-21-25-27(22-31(30)42-18-8-17-38-15-6-3-7-16-38)35-14-13-28(25)43-29-12-11-24(20-26(29)34)36-33(40)37-32(39)19-23-9-4-2-5-10-23/h2,4-5,9-14,20-22H,3,6-8,15-19H2,1H3,(H2,36,37,39,40). The van der Waals surface area contributed by atoms with Crippen LogP contribution in [0.5, 0.6) is 23.0 Å². The van der Waals surface area contributed by atoms with Gasteiger partial charge in [0.2, 0.25) is 5.91 Å². The number of rotatable bonds is 11. The molecule has 3 amide bonds. The third-order valence-corrected chi connectivity index (χ3v) is 7.18. The number of ether oxygens (including phenoxy) is 3. The van der Waals surface area contributed by atoms with Gasteiger partial charge in [-0.15, -0.1) is 0 Å². The lowest BCUT2D eigenvalue weighted by atomic mass is 10.1. The van der Waals surface area contributed by atoms with Crippen molar-refractivity contribution in [3.63, 3.8) is 0 Å². The Kier molecular flexibility index (Phi) is 10.0. The number of piperidine rings is 1. The Morgan fingerprint density at radius 3 is 2.51 bits per heavy atom. The van der Waals surface area contributed by atoms with E-state index < -0.39 is 17.8 Å². The molecule has 1 aliphatic rings. The predicted octanol–water partition coefficient (Wildman–Crippen LogP) is 6.32. The SMILES string of the molecule is COc1cc2c(Oc3ccc(NC(=O)NC(=O)Cc4ccccc4)cc3F)ccnc2cc1OCCCN1CCCCC1. The van der Waals surface area contributed by atoms with Crippen LogP contribution in [0.2, 0.25) is 0 Å². The lowest BCUT2D eigenvalue weighted by Crippen LogP contribution is -2.35. The molecular weight excluding hydrogens is 551 g/mol. The Morgan fingerprint density at radius 2 is 1.74 bits per heavy atom. The van der Waals surface area contributed by atoms with Crippen LogP contribution in [0.4, 0.5) is 14.9 Å². The maximum absolute atomic E-state index is 15.0. The smallest absolute Gasteiger partial charge is 0.325 e. The molecule has 0 bridgehead atoms. The molecule has 0 aliphatic carbocycles. The van der Waals surface area contributed by atoms with Crippen LogP contribution < -0.4 is 24.8 Å². The van der Waals surface area contributed by atoms with E-state index in [-0.39, 0.29) is 17.9 Å². The fourth-order valence-corrected chi connectivity index (χ4v) is 5.04. The van der Waals surface area contributed by atoms with Gasteiger partial charge in [-0.1, -0.05) is 36.8 Å². The topological polar surface area (TPSA) is 102 Å². The first-order valence-electron chi connectivity index (χ1n) is 14.4. The second-order valence-electron chi connectivity index (χ2n) is 10.3. The summed E-state index contributed by atoms with van der Waals surface area (Å²) in [7, 11) is 1.56. The second kappa shape index (κ2) is 14.5. The van der Waals surface area contributed by atoms with E-state index in [9.17, 15) is 9.59 Å². The average Bonchev–Trinajstić information content (AvgIpc) is 3.01. The highest BCUT2D eigenvalue weighted by Crippen LogP contribution is 2.38. The van der Waals surface area contributed by atoms with Crippen molar-refractivity contribution >= 4 is 28.5 Å². The highest BCUT2D eigenvalue weighted by Gasteiger charge is 2.16. The number of methoxy groups -OCH3 is 1. The van der Waals surface area contributed by atoms with Gasteiger partial charge in [0.05, 0.1) is 25.7 Å². The van der Waals surface area contributed by atoms with E-state index in [1.807, 2.05) is 18.2 Å². The molecular formula is C33H35FN4O5. The molecule has 2 heterocycles. The molecule has 10 heteroatoms. The zero-order chi connectivity index (χ0) is 30.0. The van der Waals surface area contributed by atoms with E-state index in [4.69, 9.17) is 14.2 Å². The number of nitrogens with one attached hydrogen (secondary N) is 2. The summed E-state index contributed by atoms with van der Waals surface area (Å²) in [6.45, 7) is 3.86. The molecule has 0 saturated carbocycles. The van der Waals surface area contributed by atoms with Gasteiger partial charge >= 0.3 is 6.03 Å². The van der Waals surface area contributed by atoms with Crippen LogP contribution in [0, 0.1) is 5.82 Å². The van der Waals surface area contributed by atoms with E-state index in [1.54, 1.807) is 43.6 Å². The number of likely N-dealkylation sites (tertiary alicyclic amines) is 1. The first-order chi connectivity index (χ1) is 21.0. The molecule has 0 radical (unpaired) electrons. The van der Waals surface area contributed by atoms with E-state index in [0.29, 0.717) is 34.8 Å². The van der Waals surface area contributed by atoms with Crippen molar-refractivity contribution in [2.45, 2.75) is 32.1 Å². The number of hydrogen-bond donors (Lipinski definition) is 2. The molecule has 0 unspecified atom stereocenters. The zero-order valence-electron chi connectivity index (χ0n) is 24.1. The Hall–Kier alpha value is -4.70. The minimum absolute atomic E-state index is 0.0457. The number of hydrogen-bond acceptors (Lipinski definition) is 7. The van der Waals surface area contributed by atoms with Gasteiger partial charge in [0.15, 0.2) is 23.1 Å². The fraction of sp³-hybridized carbons (Fsp3) is 0.303. The highest BCUT2D eigenvalue weighted by molar-refractivity contribution is 6.01. The van der Waals surface area contributed by atoms with E-state index in [2.05, 4.69) is 20.5 Å². The Labute approximate surface area is 250 Å².